The maximum Gasteiger partial charge on any atom is 0.250 e. The number of methoxy groups -OCH3 is 1. The molecule has 138 valence electrons. The van der Waals surface area contributed by atoms with E-state index in [-0.39, 0.29) is 5.91 Å². The van der Waals surface area contributed by atoms with Crippen LogP contribution in [0.15, 0.2) is 59.5 Å². The average molecular weight is 384 g/mol. The zero-order chi connectivity index (χ0) is 18.9. The molecule has 1 fully saturated rings. The van der Waals surface area contributed by atoms with Crippen molar-refractivity contribution in [1.82, 2.24) is 4.98 Å². The van der Waals surface area contributed by atoms with Gasteiger partial charge >= 0.3 is 0 Å². The number of hydrogen-bond donors (Lipinski definition) is 2. The molecule has 0 aliphatic heterocycles. The first-order valence-corrected chi connectivity index (χ1v) is 8.90. The van der Waals surface area contributed by atoms with Gasteiger partial charge in [0.15, 0.2) is 12.2 Å². The van der Waals surface area contributed by atoms with E-state index in [0.717, 1.165) is 24.1 Å². The van der Waals surface area contributed by atoms with Gasteiger partial charge in [-0.3, -0.25) is 4.79 Å². The molecule has 27 heavy (non-hydrogen) atoms. The van der Waals surface area contributed by atoms with Gasteiger partial charge in [0.05, 0.1) is 29.6 Å². The average Bonchev–Trinajstić information content (AvgIpc) is 3.26. The zero-order valence-electron chi connectivity index (χ0n) is 14.7. The molecule has 6 nitrogen and oxygen atoms in total. The summed E-state index contributed by atoms with van der Waals surface area (Å²) in [6.45, 7) is 0. The van der Waals surface area contributed by atoms with Gasteiger partial charge in [0, 0.05) is 11.8 Å². The summed E-state index contributed by atoms with van der Waals surface area (Å²) in [7, 11) is 1.57. The molecule has 4 rings (SSSR count). The van der Waals surface area contributed by atoms with Gasteiger partial charge in [0.1, 0.15) is 11.3 Å². The minimum Gasteiger partial charge on any atom is -0.496 e. The van der Waals surface area contributed by atoms with Gasteiger partial charge in [0.2, 0.25) is 5.91 Å². The molecule has 0 atom stereocenters. The molecule has 2 N–H and O–H groups in total. The first kappa shape index (κ1) is 17.4. The lowest BCUT2D eigenvalue weighted by Gasteiger charge is -2.19. The Hall–Kier alpha value is -2.99. The van der Waals surface area contributed by atoms with Gasteiger partial charge in [-0.15, -0.1) is 0 Å². The van der Waals surface area contributed by atoms with Gasteiger partial charge in [-0.25, -0.2) is 4.98 Å². The molecule has 1 amide bonds. The van der Waals surface area contributed by atoms with Crippen LogP contribution in [0.25, 0.3) is 11.3 Å². The van der Waals surface area contributed by atoms with Gasteiger partial charge in [-0.2, -0.15) is 0 Å². The second-order valence-electron chi connectivity index (χ2n) is 6.42. The number of amides is 1. The third-order valence-corrected chi connectivity index (χ3v) is 4.92. The lowest BCUT2D eigenvalue weighted by atomic mass is 10.1. The van der Waals surface area contributed by atoms with Gasteiger partial charge < -0.3 is 19.8 Å². The van der Waals surface area contributed by atoms with E-state index < -0.39 is 5.54 Å². The Morgan fingerprint density at radius 3 is 2.74 bits per heavy atom. The SMILES string of the molecule is COc1cc(NC(=O)C2(Nc3ccccc3Cl)CC2)ccc1-c1cnco1. The number of para-hydroxylation sites is 1. The van der Waals surface area contributed by atoms with E-state index in [0.29, 0.717) is 22.2 Å². The molecule has 0 saturated heterocycles. The fourth-order valence-electron chi connectivity index (χ4n) is 2.93. The van der Waals surface area contributed by atoms with Crippen LogP contribution in [0.3, 0.4) is 0 Å². The predicted molar refractivity (Wildman–Crippen MR) is 104 cm³/mol. The van der Waals surface area contributed by atoms with E-state index in [2.05, 4.69) is 15.6 Å². The quantitative estimate of drug-likeness (QED) is 0.651. The number of ether oxygens (including phenoxy) is 1. The monoisotopic (exact) mass is 383 g/mol. The molecule has 1 heterocycles. The number of nitrogens with one attached hydrogen (secondary N) is 2. The van der Waals surface area contributed by atoms with E-state index in [1.54, 1.807) is 25.4 Å². The highest BCUT2D eigenvalue weighted by molar-refractivity contribution is 6.33. The van der Waals surface area contributed by atoms with E-state index in [4.69, 9.17) is 20.8 Å². The van der Waals surface area contributed by atoms with Crippen LogP contribution in [-0.4, -0.2) is 23.5 Å². The van der Waals surface area contributed by atoms with Crippen LogP contribution in [-0.2, 0) is 4.79 Å². The summed E-state index contributed by atoms with van der Waals surface area (Å²) in [6, 6.07) is 12.8. The van der Waals surface area contributed by atoms with Gasteiger partial charge in [-0.05, 0) is 37.1 Å². The van der Waals surface area contributed by atoms with Crippen molar-refractivity contribution in [3.8, 4) is 17.1 Å². The van der Waals surface area contributed by atoms with E-state index in [1.165, 1.54) is 6.39 Å². The van der Waals surface area contributed by atoms with Crippen LogP contribution < -0.4 is 15.4 Å². The zero-order valence-corrected chi connectivity index (χ0v) is 15.4. The van der Waals surface area contributed by atoms with E-state index >= 15 is 0 Å². The Kier molecular flexibility index (Phi) is 4.49. The maximum atomic E-state index is 12.8. The normalized spacial score (nSPS) is 14.4. The number of nitrogens with zero attached hydrogens (tertiary/aromatic N) is 1. The predicted octanol–water partition coefficient (Wildman–Crippen LogP) is 4.59. The maximum absolute atomic E-state index is 12.8. The van der Waals surface area contributed by atoms with Crippen LogP contribution in [0.5, 0.6) is 5.75 Å². The molecule has 1 saturated carbocycles. The lowest BCUT2D eigenvalue weighted by Crippen LogP contribution is -2.37. The number of benzene rings is 2. The summed E-state index contributed by atoms with van der Waals surface area (Å²) in [5.41, 5.74) is 1.53. The number of carbonyl (C=O) groups excluding carboxylic acids is 1. The molecule has 0 radical (unpaired) electrons. The van der Waals surface area contributed by atoms with Crippen molar-refractivity contribution in [3.63, 3.8) is 0 Å². The summed E-state index contributed by atoms with van der Waals surface area (Å²) < 4.78 is 10.8. The largest absolute Gasteiger partial charge is 0.496 e. The highest BCUT2D eigenvalue weighted by atomic mass is 35.5. The van der Waals surface area contributed by atoms with E-state index in [1.807, 2.05) is 30.3 Å². The number of anilines is 2. The number of hydrogen-bond acceptors (Lipinski definition) is 5. The molecular formula is C20H18ClN3O3. The standard InChI is InChI=1S/C20H18ClN3O3/c1-26-17-10-13(6-7-14(17)18-11-22-12-27-18)23-19(25)20(8-9-20)24-16-5-3-2-4-15(16)21/h2-7,10-12,24H,8-9H2,1H3,(H,23,25). The fraction of sp³-hybridized carbons (Fsp3) is 0.200. The number of oxazole rings is 1. The lowest BCUT2D eigenvalue weighted by molar-refractivity contribution is -0.117. The first-order chi connectivity index (χ1) is 13.1. The van der Waals surface area contributed by atoms with Crippen LogP contribution >= 0.6 is 11.6 Å². The Morgan fingerprint density at radius 1 is 1.26 bits per heavy atom. The van der Waals surface area contributed by atoms with Crippen molar-refractivity contribution in [2.24, 2.45) is 0 Å². The van der Waals surface area contributed by atoms with Crippen LogP contribution in [0, 0.1) is 0 Å². The van der Waals surface area contributed by atoms with Crippen molar-refractivity contribution in [3.05, 3.63) is 60.1 Å². The molecule has 1 aromatic heterocycles. The summed E-state index contributed by atoms with van der Waals surface area (Å²) in [5, 5.41) is 6.83. The second-order valence-corrected chi connectivity index (χ2v) is 6.83. The van der Waals surface area contributed by atoms with Crippen molar-refractivity contribution < 1.29 is 13.9 Å². The summed E-state index contributed by atoms with van der Waals surface area (Å²) in [4.78, 5) is 16.8. The molecule has 0 spiro atoms. The Balaban J connectivity index is 1.52. The Bertz CT molecular complexity index is 968. The molecule has 7 heteroatoms. The highest BCUT2D eigenvalue weighted by Gasteiger charge is 2.50. The Labute approximate surface area is 161 Å². The number of aromatic nitrogens is 1. The summed E-state index contributed by atoms with van der Waals surface area (Å²) in [6.07, 6.45) is 4.47. The van der Waals surface area contributed by atoms with Gasteiger partial charge in [-0.1, -0.05) is 23.7 Å². The molecule has 1 aliphatic carbocycles. The highest BCUT2D eigenvalue weighted by Crippen LogP contribution is 2.42. The molecule has 0 bridgehead atoms. The molecule has 1 aliphatic rings. The number of halogens is 1. The van der Waals surface area contributed by atoms with Crippen molar-refractivity contribution >= 4 is 28.9 Å². The number of carbonyl (C=O) groups is 1. The topological polar surface area (TPSA) is 76.4 Å². The van der Waals surface area contributed by atoms with Crippen LogP contribution in [0.4, 0.5) is 11.4 Å². The van der Waals surface area contributed by atoms with Crippen LogP contribution in [0.2, 0.25) is 5.02 Å². The minimum atomic E-state index is -0.637. The smallest absolute Gasteiger partial charge is 0.250 e. The summed E-state index contributed by atoms with van der Waals surface area (Å²) >= 11 is 6.20. The summed E-state index contributed by atoms with van der Waals surface area (Å²) in [5.74, 6) is 1.09. The Morgan fingerprint density at radius 2 is 2.07 bits per heavy atom. The minimum absolute atomic E-state index is 0.100. The van der Waals surface area contributed by atoms with Crippen molar-refractivity contribution in [2.75, 3.05) is 17.7 Å². The third-order valence-electron chi connectivity index (χ3n) is 4.59. The molecule has 2 aromatic carbocycles. The third kappa shape index (κ3) is 3.48. The van der Waals surface area contributed by atoms with Crippen molar-refractivity contribution in [2.45, 2.75) is 18.4 Å². The molecular weight excluding hydrogens is 366 g/mol. The van der Waals surface area contributed by atoms with Gasteiger partial charge in [0.25, 0.3) is 0 Å². The van der Waals surface area contributed by atoms with Crippen LogP contribution in [0.1, 0.15) is 12.8 Å². The first-order valence-electron chi connectivity index (χ1n) is 8.52. The van der Waals surface area contributed by atoms with Crippen molar-refractivity contribution in [1.29, 1.82) is 0 Å². The van der Waals surface area contributed by atoms with E-state index in [9.17, 15) is 4.79 Å². The molecule has 3 aromatic rings. The number of rotatable bonds is 6. The molecule has 0 unspecified atom stereocenters. The fourth-order valence-corrected chi connectivity index (χ4v) is 3.11. The second kappa shape index (κ2) is 6.96.